The summed E-state index contributed by atoms with van der Waals surface area (Å²) in [5.41, 5.74) is 0.647. The van der Waals surface area contributed by atoms with Crippen molar-refractivity contribution in [2.75, 3.05) is 13.1 Å². The normalized spacial score (nSPS) is 13.1. The van der Waals surface area contributed by atoms with Crippen molar-refractivity contribution >= 4 is 6.09 Å². The van der Waals surface area contributed by atoms with E-state index in [4.69, 9.17) is 4.89 Å². The summed E-state index contributed by atoms with van der Waals surface area (Å²) in [4.78, 5) is 26.4. The molecule has 1 aliphatic heterocycles. The van der Waals surface area contributed by atoms with Gasteiger partial charge in [-0.3, -0.25) is 4.89 Å². The summed E-state index contributed by atoms with van der Waals surface area (Å²) >= 11 is 0. The quantitative estimate of drug-likeness (QED) is 0.441. The van der Waals surface area contributed by atoms with Crippen LogP contribution in [0.25, 0.3) is 0 Å². The fourth-order valence-corrected chi connectivity index (χ4v) is 1.27. The van der Waals surface area contributed by atoms with E-state index in [9.17, 15) is 4.79 Å². The number of hydrogen-bond donors (Lipinski definition) is 0. The Kier molecular flexibility index (Phi) is 3.46. The van der Waals surface area contributed by atoms with Crippen LogP contribution in [0.3, 0.4) is 0 Å². The molecule has 2 heterocycles. The average Bonchev–Trinajstić information content (AvgIpc) is 2.26. The Morgan fingerprint density at radius 2 is 2.29 bits per heavy atom. The van der Waals surface area contributed by atoms with Gasteiger partial charge in [-0.2, -0.15) is 0 Å². The summed E-state index contributed by atoms with van der Waals surface area (Å²) in [7, 11) is 0. The topological polar surface area (TPSA) is 51.7 Å². The number of rotatable bonds is 2. The van der Waals surface area contributed by atoms with E-state index in [1.54, 1.807) is 24.0 Å². The first kappa shape index (κ1) is 11.3. The average molecular weight is 232 g/mol. The second kappa shape index (κ2) is 5.21. The number of pyridine rings is 1. The standard InChI is InChI=1S/C12H12N2O3/c1-2-4-10-5-6-11(9-13-10)16-17-12(15)14-7-3-8-14/h5-6,9H,3,7-8H2,1H3. The van der Waals surface area contributed by atoms with Crippen LogP contribution >= 0.6 is 0 Å². The van der Waals surface area contributed by atoms with Gasteiger partial charge in [0, 0.05) is 13.1 Å². The number of hydrogen-bond acceptors (Lipinski definition) is 4. The van der Waals surface area contributed by atoms with Crippen molar-refractivity contribution in [1.29, 1.82) is 0 Å². The number of amides is 1. The lowest BCUT2D eigenvalue weighted by Gasteiger charge is -2.28. The van der Waals surface area contributed by atoms with Crippen LogP contribution in [0.2, 0.25) is 0 Å². The summed E-state index contributed by atoms with van der Waals surface area (Å²) < 4.78 is 0. The maximum Gasteiger partial charge on any atom is 0.452 e. The molecule has 5 nitrogen and oxygen atoms in total. The third-order valence-corrected chi connectivity index (χ3v) is 2.31. The molecule has 0 radical (unpaired) electrons. The Labute approximate surface area is 99.3 Å². The van der Waals surface area contributed by atoms with Crippen LogP contribution < -0.4 is 4.89 Å². The van der Waals surface area contributed by atoms with E-state index in [0.717, 1.165) is 19.5 Å². The van der Waals surface area contributed by atoms with E-state index in [2.05, 4.69) is 21.7 Å². The van der Waals surface area contributed by atoms with Crippen molar-refractivity contribution in [1.82, 2.24) is 9.88 Å². The molecule has 1 fully saturated rings. The first-order valence-corrected chi connectivity index (χ1v) is 5.32. The van der Waals surface area contributed by atoms with Gasteiger partial charge < -0.3 is 4.90 Å². The molecule has 0 bridgehead atoms. The van der Waals surface area contributed by atoms with Crippen molar-refractivity contribution in [3.05, 3.63) is 24.0 Å². The minimum Gasteiger partial charge on any atom is -0.305 e. The molecule has 1 aromatic rings. The highest BCUT2D eigenvalue weighted by atomic mass is 17.2. The van der Waals surface area contributed by atoms with Crippen molar-refractivity contribution in [2.24, 2.45) is 0 Å². The van der Waals surface area contributed by atoms with Crippen LogP contribution in [0, 0.1) is 11.8 Å². The van der Waals surface area contributed by atoms with Crippen LogP contribution in [0.4, 0.5) is 4.79 Å². The Morgan fingerprint density at radius 3 is 2.82 bits per heavy atom. The van der Waals surface area contributed by atoms with E-state index in [1.165, 1.54) is 6.20 Å². The third kappa shape index (κ3) is 2.88. The highest BCUT2D eigenvalue weighted by molar-refractivity contribution is 5.67. The SMILES string of the molecule is CC#Cc1ccc(OOC(=O)N2CCC2)cn1. The smallest absolute Gasteiger partial charge is 0.305 e. The summed E-state index contributed by atoms with van der Waals surface area (Å²) in [6.07, 6.45) is 2.01. The van der Waals surface area contributed by atoms with Crippen molar-refractivity contribution in [3.8, 4) is 17.6 Å². The second-order valence-corrected chi connectivity index (χ2v) is 3.53. The number of nitrogens with zero attached hydrogens (tertiary/aromatic N) is 2. The highest BCUT2D eigenvalue weighted by Gasteiger charge is 2.22. The van der Waals surface area contributed by atoms with Gasteiger partial charge in [-0.1, -0.05) is 5.92 Å². The molecule has 0 aromatic carbocycles. The zero-order valence-electron chi connectivity index (χ0n) is 9.47. The largest absolute Gasteiger partial charge is 0.452 e. The number of aromatic nitrogens is 1. The predicted octanol–water partition coefficient (Wildman–Crippen LogP) is 1.59. The summed E-state index contributed by atoms with van der Waals surface area (Å²) in [5.74, 6) is 5.92. The molecule has 0 unspecified atom stereocenters. The zero-order valence-corrected chi connectivity index (χ0v) is 9.47. The maximum absolute atomic E-state index is 11.3. The van der Waals surface area contributed by atoms with Crippen LogP contribution in [-0.2, 0) is 4.89 Å². The lowest BCUT2D eigenvalue weighted by Crippen LogP contribution is -2.42. The van der Waals surface area contributed by atoms with Gasteiger partial charge in [0.05, 0.1) is 6.20 Å². The minimum absolute atomic E-state index is 0.375. The number of likely N-dealkylation sites (tertiary alicyclic amines) is 1. The Morgan fingerprint density at radius 1 is 1.47 bits per heavy atom. The molecule has 88 valence electrons. The Balaban J connectivity index is 1.85. The van der Waals surface area contributed by atoms with Gasteiger partial charge >= 0.3 is 6.09 Å². The number of carbonyl (C=O) groups is 1. The molecular weight excluding hydrogens is 220 g/mol. The Hall–Kier alpha value is -2.22. The van der Waals surface area contributed by atoms with Gasteiger partial charge in [0.2, 0.25) is 0 Å². The first-order valence-electron chi connectivity index (χ1n) is 5.32. The van der Waals surface area contributed by atoms with Gasteiger partial charge in [0.15, 0.2) is 5.75 Å². The number of carbonyl (C=O) groups excluding carboxylic acids is 1. The highest BCUT2D eigenvalue weighted by Crippen LogP contribution is 2.12. The molecule has 0 spiro atoms. The van der Waals surface area contributed by atoms with Crippen molar-refractivity contribution in [3.63, 3.8) is 0 Å². The fraction of sp³-hybridized carbons (Fsp3) is 0.333. The summed E-state index contributed by atoms with van der Waals surface area (Å²) in [6, 6.07) is 3.35. The molecule has 1 aromatic heterocycles. The van der Waals surface area contributed by atoms with Crippen LogP contribution in [0.1, 0.15) is 19.0 Å². The Bertz CT molecular complexity index is 455. The van der Waals surface area contributed by atoms with Gasteiger partial charge in [0.25, 0.3) is 0 Å². The van der Waals surface area contributed by atoms with Crippen LogP contribution in [0.5, 0.6) is 5.75 Å². The van der Waals surface area contributed by atoms with Crippen LogP contribution in [-0.4, -0.2) is 29.1 Å². The summed E-state index contributed by atoms with van der Waals surface area (Å²) in [5, 5.41) is 0. The fourth-order valence-electron chi connectivity index (χ4n) is 1.27. The van der Waals surface area contributed by atoms with Gasteiger partial charge in [-0.15, -0.1) is 0 Å². The van der Waals surface area contributed by atoms with Gasteiger partial charge in [-0.25, -0.2) is 14.7 Å². The molecule has 0 aliphatic carbocycles. The van der Waals surface area contributed by atoms with E-state index in [-0.39, 0.29) is 0 Å². The summed E-state index contributed by atoms with van der Waals surface area (Å²) in [6.45, 7) is 3.19. The monoisotopic (exact) mass is 232 g/mol. The van der Waals surface area contributed by atoms with E-state index in [1.807, 2.05) is 0 Å². The molecule has 1 aliphatic rings. The second-order valence-electron chi connectivity index (χ2n) is 3.53. The van der Waals surface area contributed by atoms with Crippen molar-refractivity contribution in [2.45, 2.75) is 13.3 Å². The van der Waals surface area contributed by atoms with Gasteiger partial charge in [-0.05, 0) is 31.4 Å². The molecule has 1 saturated heterocycles. The molecule has 0 N–H and O–H groups in total. The maximum atomic E-state index is 11.3. The minimum atomic E-state index is -0.464. The lowest BCUT2D eigenvalue weighted by molar-refractivity contribution is -0.157. The lowest BCUT2D eigenvalue weighted by atomic mass is 10.2. The molecule has 1 amide bonds. The van der Waals surface area contributed by atoms with Crippen LogP contribution in [0.15, 0.2) is 18.3 Å². The molecular formula is C12H12N2O3. The van der Waals surface area contributed by atoms with E-state index in [0.29, 0.717) is 11.4 Å². The predicted molar refractivity (Wildman–Crippen MR) is 60.1 cm³/mol. The molecule has 5 heteroatoms. The van der Waals surface area contributed by atoms with E-state index < -0.39 is 6.09 Å². The molecule has 0 atom stereocenters. The third-order valence-electron chi connectivity index (χ3n) is 2.31. The molecule has 2 rings (SSSR count). The zero-order chi connectivity index (χ0) is 12.1. The van der Waals surface area contributed by atoms with Gasteiger partial charge in [0.1, 0.15) is 5.69 Å². The first-order chi connectivity index (χ1) is 8.29. The van der Waals surface area contributed by atoms with E-state index >= 15 is 0 Å². The molecule has 17 heavy (non-hydrogen) atoms. The molecule has 0 saturated carbocycles. The van der Waals surface area contributed by atoms with Crippen molar-refractivity contribution < 1.29 is 14.6 Å².